The predicted octanol–water partition coefficient (Wildman–Crippen LogP) is 4.35. The summed E-state index contributed by atoms with van der Waals surface area (Å²) in [4.78, 5) is 0. The molecular weight excluding hydrogens is 248 g/mol. The highest BCUT2D eigenvalue weighted by Gasteiger charge is 2.16. The molecule has 3 rings (SSSR count). The van der Waals surface area contributed by atoms with E-state index in [1.165, 1.54) is 10.1 Å². The first-order valence-electron chi connectivity index (χ1n) is 5.44. The minimum absolute atomic E-state index is 0.511. The Morgan fingerprint density at radius 3 is 2.76 bits per heavy atom. The Morgan fingerprint density at radius 1 is 1.12 bits per heavy atom. The summed E-state index contributed by atoms with van der Waals surface area (Å²) in [6.45, 7) is 2.05. The van der Waals surface area contributed by atoms with Gasteiger partial charge in [0.05, 0.1) is 0 Å². The third-order valence-electron chi connectivity index (χ3n) is 2.99. The molecule has 3 heteroatoms. The lowest BCUT2D eigenvalue weighted by molar-refractivity contribution is 0.222. The third-order valence-corrected chi connectivity index (χ3v) is 4.85. The molecule has 0 saturated heterocycles. The van der Waals surface area contributed by atoms with Crippen molar-refractivity contribution >= 4 is 32.8 Å². The molecule has 1 unspecified atom stereocenters. The van der Waals surface area contributed by atoms with Gasteiger partial charge in [-0.05, 0) is 45.6 Å². The second-order valence-corrected chi connectivity index (χ2v) is 5.76. The molecule has 1 nitrogen and oxygen atoms in total. The van der Waals surface area contributed by atoms with Gasteiger partial charge in [-0.15, -0.1) is 11.3 Å². The van der Waals surface area contributed by atoms with Gasteiger partial charge in [-0.1, -0.05) is 18.2 Å². The van der Waals surface area contributed by atoms with Crippen LogP contribution < -0.4 is 0 Å². The monoisotopic (exact) mass is 260 g/mol. The van der Waals surface area contributed by atoms with Crippen LogP contribution in [0.5, 0.6) is 0 Å². The SMILES string of the molecule is Cc1cscc1C(O)c1cccc2ccsc12. The summed E-state index contributed by atoms with van der Waals surface area (Å²) in [5, 5.41) is 17.9. The summed E-state index contributed by atoms with van der Waals surface area (Å²) in [5.41, 5.74) is 3.20. The van der Waals surface area contributed by atoms with Crippen molar-refractivity contribution in [2.45, 2.75) is 13.0 Å². The minimum Gasteiger partial charge on any atom is -0.384 e. The lowest BCUT2D eigenvalue weighted by atomic mass is 10.0. The van der Waals surface area contributed by atoms with Crippen LogP contribution in [0.25, 0.3) is 10.1 Å². The first-order chi connectivity index (χ1) is 8.27. The smallest absolute Gasteiger partial charge is 0.106 e. The molecule has 0 aliphatic heterocycles. The van der Waals surface area contributed by atoms with Crippen molar-refractivity contribution in [1.82, 2.24) is 0 Å². The average Bonchev–Trinajstić information content (AvgIpc) is 2.95. The summed E-state index contributed by atoms with van der Waals surface area (Å²) in [7, 11) is 0. The second kappa shape index (κ2) is 4.26. The van der Waals surface area contributed by atoms with Crippen molar-refractivity contribution in [2.24, 2.45) is 0 Å². The van der Waals surface area contributed by atoms with Crippen molar-refractivity contribution in [2.75, 3.05) is 0 Å². The molecule has 0 radical (unpaired) electrons. The van der Waals surface area contributed by atoms with Gasteiger partial charge in [0.25, 0.3) is 0 Å². The molecule has 1 aromatic carbocycles. The summed E-state index contributed by atoms with van der Waals surface area (Å²) in [5.74, 6) is 0. The van der Waals surface area contributed by atoms with Crippen molar-refractivity contribution < 1.29 is 5.11 Å². The third kappa shape index (κ3) is 1.80. The number of benzene rings is 1. The van der Waals surface area contributed by atoms with Gasteiger partial charge in [-0.3, -0.25) is 0 Å². The summed E-state index contributed by atoms with van der Waals surface area (Å²) < 4.78 is 1.19. The first kappa shape index (κ1) is 11.0. The molecule has 0 aliphatic rings. The lowest BCUT2D eigenvalue weighted by Crippen LogP contribution is -1.99. The van der Waals surface area contributed by atoms with Gasteiger partial charge >= 0.3 is 0 Å². The van der Waals surface area contributed by atoms with E-state index in [1.54, 1.807) is 22.7 Å². The van der Waals surface area contributed by atoms with Crippen LogP contribution in [0.4, 0.5) is 0 Å². The van der Waals surface area contributed by atoms with Gasteiger partial charge in [0, 0.05) is 10.3 Å². The van der Waals surface area contributed by atoms with Gasteiger partial charge in [-0.2, -0.15) is 11.3 Å². The molecule has 0 spiro atoms. The summed E-state index contributed by atoms with van der Waals surface area (Å²) in [6, 6.07) is 8.20. The van der Waals surface area contributed by atoms with Crippen molar-refractivity contribution in [3.05, 3.63) is 57.1 Å². The van der Waals surface area contributed by atoms with Gasteiger partial charge in [0.2, 0.25) is 0 Å². The minimum atomic E-state index is -0.511. The zero-order valence-corrected chi connectivity index (χ0v) is 11.0. The molecule has 0 amide bonds. The zero-order chi connectivity index (χ0) is 11.8. The van der Waals surface area contributed by atoms with E-state index < -0.39 is 6.10 Å². The Kier molecular flexibility index (Phi) is 2.74. The van der Waals surface area contributed by atoms with Crippen molar-refractivity contribution in [3.63, 3.8) is 0 Å². The Bertz CT molecular complexity index is 651. The summed E-state index contributed by atoms with van der Waals surface area (Å²) in [6.07, 6.45) is -0.511. The van der Waals surface area contributed by atoms with Gasteiger partial charge < -0.3 is 5.11 Å². The van der Waals surface area contributed by atoms with E-state index in [9.17, 15) is 5.11 Å². The molecular formula is C14H12OS2. The molecule has 1 atom stereocenters. The van der Waals surface area contributed by atoms with E-state index >= 15 is 0 Å². The van der Waals surface area contributed by atoms with Crippen LogP contribution in [0.2, 0.25) is 0 Å². The standard InChI is InChI=1S/C14H12OS2/c1-9-7-16-8-12(9)13(15)11-4-2-3-10-5-6-17-14(10)11/h2-8,13,15H,1H3. The molecule has 0 bridgehead atoms. The fraction of sp³-hybridized carbons (Fsp3) is 0.143. The van der Waals surface area contributed by atoms with Crippen LogP contribution in [0.3, 0.4) is 0 Å². The maximum Gasteiger partial charge on any atom is 0.106 e. The van der Waals surface area contributed by atoms with Crippen LogP contribution in [0, 0.1) is 6.92 Å². The Labute approximate surface area is 108 Å². The van der Waals surface area contributed by atoms with Gasteiger partial charge in [0.15, 0.2) is 0 Å². The predicted molar refractivity (Wildman–Crippen MR) is 74.9 cm³/mol. The maximum absolute atomic E-state index is 10.5. The zero-order valence-electron chi connectivity index (χ0n) is 9.38. The fourth-order valence-electron chi connectivity index (χ4n) is 2.05. The van der Waals surface area contributed by atoms with E-state index in [0.29, 0.717) is 0 Å². The number of aliphatic hydroxyl groups excluding tert-OH is 1. The number of hydrogen-bond donors (Lipinski definition) is 1. The van der Waals surface area contributed by atoms with Crippen LogP contribution >= 0.6 is 22.7 Å². The molecule has 17 heavy (non-hydrogen) atoms. The largest absolute Gasteiger partial charge is 0.384 e. The molecule has 2 heterocycles. The average molecular weight is 260 g/mol. The maximum atomic E-state index is 10.5. The number of rotatable bonds is 2. The normalized spacial score (nSPS) is 13.1. The highest BCUT2D eigenvalue weighted by molar-refractivity contribution is 7.17. The van der Waals surface area contributed by atoms with E-state index in [1.807, 2.05) is 24.4 Å². The van der Waals surface area contributed by atoms with E-state index in [0.717, 1.165) is 16.7 Å². The Morgan fingerprint density at radius 2 is 2.00 bits per heavy atom. The topological polar surface area (TPSA) is 20.2 Å². The van der Waals surface area contributed by atoms with Crippen LogP contribution in [0.15, 0.2) is 40.4 Å². The number of fused-ring (bicyclic) bond motifs is 1. The van der Waals surface area contributed by atoms with Gasteiger partial charge in [-0.25, -0.2) is 0 Å². The van der Waals surface area contributed by atoms with Gasteiger partial charge in [0.1, 0.15) is 6.10 Å². The highest BCUT2D eigenvalue weighted by Crippen LogP contribution is 2.34. The quantitative estimate of drug-likeness (QED) is 0.726. The fourth-order valence-corrected chi connectivity index (χ4v) is 3.86. The molecule has 86 valence electrons. The van der Waals surface area contributed by atoms with Crippen LogP contribution in [0.1, 0.15) is 22.8 Å². The highest BCUT2D eigenvalue weighted by atomic mass is 32.1. The van der Waals surface area contributed by atoms with Crippen LogP contribution in [-0.2, 0) is 0 Å². The molecule has 0 fully saturated rings. The van der Waals surface area contributed by atoms with Crippen molar-refractivity contribution in [3.8, 4) is 0 Å². The van der Waals surface area contributed by atoms with Crippen LogP contribution in [-0.4, -0.2) is 5.11 Å². The first-order valence-corrected chi connectivity index (χ1v) is 7.26. The molecule has 0 aliphatic carbocycles. The number of aliphatic hydroxyl groups is 1. The van der Waals surface area contributed by atoms with E-state index in [-0.39, 0.29) is 0 Å². The Balaban J connectivity index is 2.15. The molecule has 0 saturated carbocycles. The molecule has 1 N–H and O–H groups in total. The summed E-state index contributed by atoms with van der Waals surface area (Å²) >= 11 is 3.33. The Hall–Kier alpha value is -1.16. The van der Waals surface area contributed by atoms with E-state index in [4.69, 9.17) is 0 Å². The number of aryl methyl sites for hydroxylation is 1. The number of thiophene rings is 2. The van der Waals surface area contributed by atoms with E-state index in [2.05, 4.69) is 22.9 Å². The molecule has 3 aromatic rings. The van der Waals surface area contributed by atoms with Crippen molar-refractivity contribution in [1.29, 1.82) is 0 Å². The second-order valence-electron chi connectivity index (χ2n) is 4.10. The molecule has 2 aromatic heterocycles. The number of hydrogen-bond acceptors (Lipinski definition) is 3. The lowest BCUT2D eigenvalue weighted by Gasteiger charge is -2.12.